The summed E-state index contributed by atoms with van der Waals surface area (Å²) < 4.78 is 3.94. The highest BCUT2D eigenvalue weighted by atomic mass is 35.5. The summed E-state index contributed by atoms with van der Waals surface area (Å²) in [7, 11) is 0. The van der Waals surface area contributed by atoms with Crippen LogP contribution in [0.3, 0.4) is 0 Å². The molecule has 4 rings (SSSR count). The molecule has 126 valence electrons. The van der Waals surface area contributed by atoms with Gasteiger partial charge in [0.05, 0.1) is 30.3 Å². The van der Waals surface area contributed by atoms with Crippen LogP contribution in [0.4, 0.5) is 0 Å². The van der Waals surface area contributed by atoms with Crippen LogP contribution in [-0.2, 0) is 13.1 Å². The molecular formula is C18H15Cl2N5. The summed E-state index contributed by atoms with van der Waals surface area (Å²) >= 11 is 12.5. The number of imidazole rings is 1. The SMILES string of the molecule is Cc1nc2ccc(Cn3ccnn3)cc2n1Cc1cc(Cl)ccc1Cl. The molecule has 0 unspecified atom stereocenters. The lowest BCUT2D eigenvalue weighted by molar-refractivity contribution is 0.650. The number of rotatable bonds is 4. The molecule has 0 bridgehead atoms. The third kappa shape index (κ3) is 3.25. The van der Waals surface area contributed by atoms with Crippen LogP contribution in [0.5, 0.6) is 0 Å². The molecule has 0 radical (unpaired) electrons. The van der Waals surface area contributed by atoms with Crippen LogP contribution in [0, 0.1) is 6.92 Å². The van der Waals surface area contributed by atoms with Crippen molar-refractivity contribution in [3.05, 3.63) is 75.8 Å². The first-order valence-corrected chi connectivity index (χ1v) is 8.59. The van der Waals surface area contributed by atoms with Crippen molar-refractivity contribution in [1.82, 2.24) is 24.5 Å². The first kappa shape index (κ1) is 16.1. The zero-order valence-corrected chi connectivity index (χ0v) is 15.0. The molecule has 0 N–H and O–H groups in total. The number of aromatic nitrogens is 5. The Hall–Kier alpha value is -2.37. The third-order valence-electron chi connectivity index (χ3n) is 4.16. The van der Waals surface area contributed by atoms with Gasteiger partial charge in [-0.3, -0.25) is 0 Å². The second-order valence-electron chi connectivity index (χ2n) is 5.90. The van der Waals surface area contributed by atoms with Gasteiger partial charge >= 0.3 is 0 Å². The molecule has 2 aromatic carbocycles. The molecule has 2 aromatic heterocycles. The predicted octanol–water partition coefficient (Wildman–Crippen LogP) is 4.34. The van der Waals surface area contributed by atoms with Crippen LogP contribution >= 0.6 is 23.2 Å². The number of hydrogen-bond acceptors (Lipinski definition) is 3. The van der Waals surface area contributed by atoms with Gasteiger partial charge in [0, 0.05) is 16.2 Å². The highest BCUT2D eigenvalue weighted by molar-refractivity contribution is 6.33. The molecule has 0 aliphatic rings. The molecule has 0 saturated heterocycles. The Morgan fingerprint density at radius 2 is 1.92 bits per heavy atom. The summed E-state index contributed by atoms with van der Waals surface area (Å²) in [6, 6.07) is 11.7. The van der Waals surface area contributed by atoms with E-state index in [9.17, 15) is 0 Å². The average Bonchev–Trinajstić information content (AvgIpc) is 3.20. The van der Waals surface area contributed by atoms with Gasteiger partial charge in [0.1, 0.15) is 5.82 Å². The van der Waals surface area contributed by atoms with Gasteiger partial charge in [-0.25, -0.2) is 9.67 Å². The van der Waals surface area contributed by atoms with E-state index >= 15 is 0 Å². The fraction of sp³-hybridized carbons (Fsp3) is 0.167. The van der Waals surface area contributed by atoms with E-state index in [-0.39, 0.29) is 0 Å². The van der Waals surface area contributed by atoms with Crippen LogP contribution in [0.15, 0.2) is 48.8 Å². The second-order valence-corrected chi connectivity index (χ2v) is 6.75. The maximum absolute atomic E-state index is 6.33. The lowest BCUT2D eigenvalue weighted by Gasteiger charge is -2.10. The summed E-state index contributed by atoms with van der Waals surface area (Å²) in [5, 5.41) is 9.24. The van der Waals surface area contributed by atoms with Crippen molar-refractivity contribution in [3.63, 3.8) is 0 Å². The quantitative estimate of drug-likeness (QED) is 0.536. The smallest absolute Gasteiger partial charge is 0.107 e. The highest BCUT2D eigenvalue weighted by Gasteiger charge is 2.11. The van der Waals surface area contributed by atoms with E-state index in [1.165, 1.54) is 0 Å². The van der Waals surface area contributed by atoms with Crippen molar-refractivity contribution in [1.29, 1.82) is 0 Å². The molecule has 2 heterocycles. The van der Waals surface area contributed by atoms with E-state index in [0.717, 1.165) is 28.0 Å². The number of halogens is 2. The Morgan fingerprint density at radius 3 is 2.72 bits per heavy atom. The zero-order valence-electron chi connectivity index (χ0n) is 13.5. The van der Waals surface area contributed by atoms with Gasteiger partial charge in [0.15, 0.2) is 0 Å². The first-order valence-electron chi connectivity index (χ1n) is 7.84. The van der Waals surface area contributed by atoms with Crippen molar-refractivity contribution in [3.8, 4) is 0 Å². The van der Waals surface area contributed by atoms with Crippen molar-refractivity contribution in [2.75, 3.05) is 0 Å². The summed E-state index contributed by atoms with van der Waals surface area (Å²) in [6.45, 7) is 3.28. The van der Waals surface area contributed by atoms with Crippen LogP contribution in [-0.4, -0.2) is 24.5 Å². The van der Waals surface area contributed by atoms with Gasteiger partial charge in [-0.2, -0.15) is 0 Å². The summed E-state index contributed by atoms with van der Waals surface area (Å²) in [4.78, 5) is 4.65. The maximum Gasteiger partial charge on any atom is 0.107 e. The molecule has 0 atom stereocenters. The molecular weight excluding hydrogens is 357 g/mol. The zero-order chi connectivity index (χ0) is 17.4. The monoisotopic (exact) mass is 371 g/mol. The van der Waals surface area contributed by atoms with E-state index < -0.39 is 0 Å². The average molecular weight is 372 g/mol. The standard InChI is InChI=1S/C18H15Cl2N5/c1-12-22-17-5-2-13(10-24-7-6-21-23-24)8-18(17)25(12)11-14-9-15(19)3-4-16(14)20/h2-9H,10-11H2,1H3. The van der Waals surface area contributed by atoms with Crippen molar-refractivity contribution >= 4 is 34.2 Å². The fourth-order valence-electron chi connectivity index (χ4n) is 2.93. The summed E-state index contributed by atoms with van der Waals surface area (Å²) in [5.41, 5.74) is 4.12. The number of nitrogens with zero attached hydrogens (tertiary/aromatic N) is 5. The largest absolute Gasteiger partial charge is 0.324 e. The molecule has 0 fully saturated rings. The Kier molecular flexibility index (Phi) is 4.19. The molecule has 0 saturated carbocycles. The Bertz CT molecular complexity index is 1040. The second kappa shape index (κ2) is 6.50. The Labute approximate surface area is 154 Å². The molecule has 5 nitrogen and oxygen atoms in total. The fourth-order valence-corrected chi connectivity index (χ4v) is 3.30. The molecule has 0 aliphatic heterocycles. The van der Waals surface area contributed by atoms with E-state index in [2.05, 4.69) is 32.0 Å². The normalized spacial score (nSPS) is 11.3. The maximum atomic E-state index is 6.33. The van der Waals surface area contributed by atoms with Crippen LogP contribution in [0.25, 0.3) is 11.0 Å². The van der Waals surface area contributed by atoms with Crippen molar-refractivity contribution in [2.24, 2.45) is 0 Å². The number of benzene rings is 2. The molecule has 7 heteroatoms. The number of aryl methyl sites for hydroxylation is 1. The van der Waals surface area contributed by atoms with Crippen molar-refractivity contribution < 1.29 is 0 Å². The Balaban J connectivity index is 1.74. The molecule has 4 aromatic rings. The molecule has 0 spiro atoms. The van der Waals surface area contributed by atoms with Gasteiger partial charge < -0.3 is 4.57 Å². The number of fused-ring (bicyclic) bond motifs is 1. The molecule has 25 heavy (non-hydrogen) atoms. The van der Waals surface area contributed by atoms with E-state index in [1.807, 2.05) is 31.3 Å². The minimum absolute atomic E-state index is 0.620. The van der Waals surface area contributed by atoms with Gasteiger partial charge in [0.2, 0.25) is 0 Å². The van der Waals surface area contributed by atoms with E-state index in [4.69, 9.17) is 23.2 Å². The first-order chi connectivity index (χ1) is 12.1. The lowest BCUT2D eigenvalue weighted by atomic mass is 10.2. The topological polar surface area (TPSA) is 48.5 Å². The van der Waals surface area contributed by atoms with Gasteiger partial charge in [0.25, 0.3) is 0 Å². The van der Waals surface area contributed by atoms with E-state index in [0.29, 0.717) is 23.1 Å². The summed E-state index contributed by atoms with van der Waals surface area (Å²) in [6.07, 6.45) is 3.52. The molecule has 0 amide bonds. The minimum atomic E-state index is 0.620. The van der Waals surface area contributed by atoms with Gasteiger partial charge in [-0.15, -0.1) is 5.10 Å². The minimum Gasteiger partial charge on any atom is -0.324 e. The Morgan fingerprint density at radius 1 is 1.04 bits per heavy atom. The van der Waals surface area contributed by atoms with Crippen molar-refractivity contribution in [2.45, 2.75) is 20.0 Å². The van der Waals surface area contributed by atoms with Gasteiger partial charge in [-0.05, 0) is 48.4 Å². The predicted molar refractivity (Wildman–Crippen MR) is 99.2 cm³/mol. The van der Waals surface area contributed by atoms with E-state index in [1.54, 1.807) is 16.9 Å². The third-order valence-corrected chi connectivity index (χ3v) is 4.76. The number of hydrogen-bond donors (Lipinski definition) is 0. The van der Waals surface area contributed by atoms with Crippen LogP contribution in [0.1, 0.15) is 17.0 Å². The lowest BCUT2D eigenvalue weighted by Crippen LogP contribution is -2.04. The van der Waals surface area contributed by atoms with Gasteiger partial charge in [-0.1, -0.05) is 34.5 Å². The van der Waals surface area contributed by atoms with Crippen LogP contribution in [0.2, 0.25) is 10.0 Å². The van der Waals surface area contributed by atoms with Crippen LogP contribution < -0.4 is 0 Å². The highest BCUT2D eigenvalue weighted by Crippen LogP contribution is 2.25. The molecule has 0 aliphatic carbocycles. The summed E-state index contributed by atoms with van der Waals surface area (Å²) in [5.74, 6) is 0.934.